The third kappa shape index (κ3) is 4.03. The van der Waals surface area contributed by atoms with E-state index in [0.29, 0.717) is 6.54 Å². The quantitative estimate of drug-likeness (QED) is 0.683. The second-order valence-corrected chi connectivity index (χ2v) is 6.63. The van der Waals surface area contributed by atoms with Gasteiger partial charge in [0.2, 0.25) is 0 Å². The first kappa shape index (κ1) is 18.4. The average molecular weight is 352 g/mol. The highest BCUT2D eigenvalue weighted by atomic mass is 19.1. The molecule has 0 aromatic heterocycles. The largest absolute Gasteiger partial charge is 0.496 e. The van der Waals surface area contributed by atoms with E-state index in [1.54, 1.807) is 7.11 Å². The van der Waals surface area contributed by atoms with Crippen LogP contribution in [-0.4, -0.2) is 32.6 Å². The molecule has 4 heteroatoms. The van der Waals surface area contributed by atoms with Crippen molar-refractivity contribution >= 4 is 10.8 Å². The van der Waals surface area contributed by atoms with Crippen LogP contribution < -0.4 is 10.1 Å². The number of fused-ring (bicyclic) bond motifs is 1. The monoisotopic (exact) mass is 352 g/mol. The lowest BCUT2D eigenvalue weighted by atomic mass is 10.0. The smallest absolute Gasteiger partial charge is 0.123 e. The van der Waals surface area contributed by atoms with Crippen molar-refractivity contribution in [1.82, 2.24) is 10.2 Å². The van der Waals surface area contributed by atoms with Crippen LogP contribution in [-0.2, 0) is 6.54 Å². The van der Waals surface area contributed by atoms with Gasteiger partial charge in [0.05, 0.1) is 7.11 Å². The fourth-order valence-corrected chi connectivity index (χ4v) is 3.31. The Labute approximate surface area is 154 Å². The molecular weight excluding hydrogens is 327 g/mol. The van der Waals surface area contributed by atoms with Crippen molar-refractivity contribution in [3.8, 4) is 5.75 Å². The van der Waals surface area contributed by atoms with Gasteiger partial charge in [-0.25, -0.2) is 4.39 Å². The number of hydrogen-bond donors (Lipinski definition) is 1. The zero-order valence-corrected chi connectivity index (χ0v) is 15.5. The van der Waals surface area contributed by atoms with Gasteiger partial charge in [-0.15, -0.1) is 0 Å². The summed E-state index contributed by atoms with van der Waals surface area (Å²) in [5.41, 5.74) is 2.25. The summed E-state index contributed by atoms with van der Waals surface area (Å²) in [5, 5.41) is 5.95. The highest BCUT2D eigenvalue weighted by molar-refractivity contribution is 5.87. The summed E-state index contributed by atoms with van der Waals surface area (Å²) in [6.45, 7) is 1.46. The maximum absolute atomic E-state index is 13.2. The second-order valence-electron chi connectivity index (χ2n) is 6.63. The molecule has 0 fully saturated rings. The Morgan fingerprint density at radius 2 is 1.73 bits per heavy atom. The number of benzene rings is 3. The van der Waals surface area contributed by atoms with Gasteiger partial charge in [0, 0.05) is 24.7 Å². The van der Waals surface area contributed by atoms with Crippen LogP contribution in [0, 0.1) is 5.82 Å². The summed E-state index contributed by atoms with van der Waals surface area (Å²) in [6, 6.07) is 19.3. The maximum Gasteiger partial charge on any atom is 0.123 e. The predicted molar refractivity (Wildman–Crippen MR) is 105 cm³/mol. The number of methoxy groups -OCH3 is 1. The van der Waals surface area contributed by atoms with E-state index < -0.39 is 0 Å². The molecule has 26 heavy (non-hydrogen) atoms. The zero-order valence-electron chi connectivity index (χ0n) is 15.5. The fourth-order valence-electron chi connectivity index (χ4n) is 3.31. The Hall–Kier alpha value is -2.43. The molecule has 0 bridgehead atoms. The third-order valence-electron chi connectivity index (χ3n) is 4.74. The molecule has 1 atom stereocenters. The average Bonchev–Trinajstić information content (AvgIpc) is 2.66. The van der Waals surface area contributed by atoms with Crippen LogP contribution in [0.2, 0.25) is 0 Å². The summed E-state index contributed by atoms with van der Waals surface area (Å²) in [4.78, 5) is 2.14. The summed E-state index contributed by atoms with van der Waals surface area (Å²) in [6.07, 6.45) is 0. The first-order chi connectivity index (χ1) is 12.6. The van der Waals surface area contributed by atoms with Crippen LogP contribution in [0.1, 0.15) is 17.2 Å². The van der Waals surface area contributed by atoms with Gasteiger partial charge in [-0.2, -0.15) is 0 Å². The minimum Gasteiger partial charge on any atom is -0.496 e. The summed E-state index contributed by atoms with van der Waals surface area (Å²) in [5.74, 6) is 0.680. The van der Waals surface area contributed by atoms with Crippen molar-refractivity contribution in [2.45, 2.75) is 12.6 Å². The number of nitrogens with zero attached hydrogens (tertiary/aromatic N) is 1. The number of likely N-dealkylation sites (N-methyl/N-ethyl adjacent to an activating group) is 1. The van der Waals surface area contributed by atoms with Crippen molar-refractivity contribution < 1.29 is 9.13 Å². The van der Waals surface area contributed by atoms with Gasteiger partial charge in [0.1, 0.15) is 11.6 Å². The molecule has 0 saturated carbocycles. The number of nitrogens with one attached hydrogen (secondary N) is 1. The molecule has 0 radical (unpaired) electrons. The van der Waals surface area contributed by atoms with Crippen molar-refractivity contribution in [3.63, 3.8) is 0 Å². The van der Waals surface area contributed by atoms with Crippen LogP contribution in [0.5, 0.6) is 5.75 Å². The molecule has 3 nitrogen and oxygen atoms in total. The lowest BCUT2D eigenvalue weighted by Gasteiger charge is -2.25. The predicted octanol–water partition coefficient (Wildman–Crippen LogP) is 4.38. The van der Waals surface area contributed by atoms with Gasteiger partial charge in [0.25, 0.3) is 0 Å². The number of ether oxygens (including phenoxy) is 1. The molecule has 3 aromatic rings. The summed E-state index contributed by atoms with van der Waals surface area (Å²) in [7, 11) is 5.77. The van der Waals surface area contributed by atoms with Crippen molar-refractivity contribution in [2.75, 3.05) is 27.7 Å². The molecule has 3 rings (SSSR count). The molecule has 0 saturated heterocycles. The normalized spacial score (nSPS) is 12.5. The lowest BCUT2D eigenvalue weighted by molar-refractivity contribution is 0.287. The highest BCUT2D eigenvalue weighted by Gasteiger charge is 2.15. The second kappa shape index (κ2) is 8.30. The van der Waals surface area contributed by atoms with Crippen LogP contribution in [0.4, 0.5) is 4.39 Å². The molecule has 0 spiro atoms. The van der Waals surface area contributed by atoms with E-state index in [-0.39, 0.29) is 11.9 Å². The van der Waals surface area contributed by atoms with E-state index in [0.717, 1.165) is 23.4 Å². The summed E-state index contributed by atoms with van der Waals surface area (Å²) >= 11 is 0. The van der Waals surface area contributed by atoms with Crippen molar-refractivity contribution in [1.29, 1.82) is 0 Å². The first-order valence-electron chi connectivity index (χ1n) is 8.77. The summed E-state index contributed by atoms with van der Waals surface area (Å²) < 4.78 is 18.8. The Morgan fingerprint density at radius 3 is 2.42 bits per heavy atom. The fraction of sp³-hybridized carbons (Fsp3) is 0.273. The van der Waals surface area contributed by atoms with Gasteiger partial charge in [-0.05, 0) is 48.6 Å². The van der Waals surface area contributed by atoms with Crippen LogP contribution in [0.15, 0.2) is 60.7 Å². The number of halogens is 1. The first-order valence-corrected chi connectivity index (χ1v) is 8.77. The van der Waals surface area contributed by atoms with E-state index in [1.807, 2.05) is 44.4 Å². The van der Waals surface area contributed by atoms with Gasteiger partial charge in [0.15, 0.2) is 0 Å². The van der Waals surface area contributed by atoms with E-state index in [1.165, 1.54) is 22.9 Å². The van der Waals surface area contributed by atoms with E-state index in [2.05, 4.69) is 28.4 Å². The van der Waals surface area contributed by atoms with Gasteiger partial charge < -0.3 is 15.0 Å². The van der Waals surface area contributed by atoms with Gasteiger partial charge in [-0.3, -0.25) is 0 Å². The lowest BCUT2D eigenvalue weighted by Crippen LogP contribution is -2.31. The van der Waals surface area contributed by atoms with Crippen LogP contribution in [0.25, 0.3) is 10.8 Å². The van der Waals surface area contributed by atoms with Crippen LogP contribution in [0.3, 0.4) is 0 Å². The molecule has 0 aliphatic heterocycles. The van der Waals surface area contributed by atoms with Crippen molar-refractivity contribution in [2.24, 2.45) is 0 Å². The van der Waals surface area contributed by atoms with Gasteiger partial charge in [-0.1, -0.05) is 42.5 Å². The molecule has 0 aliphatic carbocycles. The van der Waals surface area contributed by atoms with Gasteiger partial charge >= 0.3 is 0 Å². The van der Waals surface area contributed by atoms with E-state index >= 15 is 0 Å². The van der Waals surface area contributed by atoms with Crippen molar-refractivity contribution in [3.05, 3.63) is 77.6 Å². The minimum absolute atomic E-state index is 0.163. The highest BCUT2D eigenvalue weighted by Crippen LogP contribution is 2.28. The molecule has 1 N–H and O–H groups in total. The Morgan fingerprint density at radius 1 is 1.00 bits per heavy atom. The Bertz CT molecular complexity index is 862. The topological polar surface area (TPSA) is 24.5 Å². The number of hydrogen-bond acceptors (Lipinski definition) is 3. The SMILES string of the molecule is COc1ccc2ccccc2c1CNCC(c1ccc(F)cc1)N(C)C. The van der Waals surface area contributed by atoms with E-state index in [4.69, 9.17) is 4.74 Å². The molecule has 0 heterocycles. The van der Waals surface area contributed by atoms with Crippen LogP contribution >= 0.6 is 0 Å². The maximum atomic E-state index is 13.2. The van der Waals surface area contributed by atoms with E-state index in [9.17, 15) is 4.39 Å². The molecule has 3 aromatic carbocycles. The number of rotatable bonds is 7. The molecule has 0 amide bonds. The standard InChI is InChI=1S/C22H25FN2O/c1-25(2)21(17-8-11-18(23)12-9-17)15-24-14-20-19-7-5-4-6-16(19)10-13-22(20)26-3/h4-13,21,24H,14-15H2,1-3H3. The zero-order chi connectivity index (χ0) is 18.5. The third-order valence-corrected chi connectivity index (χ3v) is 4.74. The molecule has 1 unspecified atom stereocenters. The molecule has 0 aliphatic rings. The Kier molecular flexibility index (Phi) is 5.86. The minimum atomic E-state index is -0.209. The Balaban J connectivity index is 1.78. The molecule has 136 valence electrons. The molecular formula is C22H25FN2O.